The van der Waals surface area contributed by atoms with Gasteiger partial charge in [0.1, 0.15) is 6.54 Å². The quantitative estimate of drug-likeness (QED) is 0.595. The van der Waals surface area contributed by atoms with Crippen molar-refractivity contribution < 1.29 is 14.8 Å². The summed E-state index contributed by atoms with van der Waals surface area (Å²) in [5.41, 5.74) is 0.236. The van der Waals surface area contributed by atoms with Gasteiger partial charge < -0.3 is 5.11 Å². The third-order valence-electron chi connectivity index (χ3n) is 2.01. The van der Waals surface area contributed by atoms with Crippen LogP contribution in [0, 0.1) is 10.1 Å². The molecule has 8 nitrogen and oxygen atoms in total. The summed E-state index contributed by atoms with van der Waals surface area (Å²) >= 11 is 0. The zero-order valence-corrected chi connectivity index (χ0v) is 7.90. The number of rotatable bonds is 3. The first-order chi connectivity index (χ1) is 7.59. The summed E-state index contributed by atoms with van der Waals surface area (Å²) in [6, 6.07) is 4.29. The third kappa shape index (κ3) is 1.56. The van der Waals surface area contributed by atoms with Crippen LogP contribution in [0.25, 0.3) is 11.0 Å². The van der Waals surface area contributed by atoms with E-state index in [0.29, 0.717) is 5.52 Å². The van der Waals surface area contributed by atoms with Crippen LogP contribution in [0.5, 0.6) is 0 Å². The number of fused-ring (bicyclic) bond motifs is 1. The molecule has 0 atom stereocenters. The molecule has 8 heteroatoms. The number of carboxylic acids is 1. The molecule has 0 saturated carbocycles. The van der Waals surface area contributed by atoms with Crippen LogP contribution in [0.2, 0.25) is 0 Å². The summed E-state index contributed by atoms with van der Waals surface area (Å²) in [7, 11) is 0. The zero-order valence-electron chi connectivity index (χ0n) is 7.90. The Bertz CT molecular complexity index is 576. The molecule has 0 unspecified atom stereocenters. The second-order valence-corrected chi connectivity index (χ2v) is 3.04. The Hall–Kier alpha value is -2.51. The number of benzene rings is 1. The number of carboxylic acid groups (broad SMARTS) is 1. The first kappa shape index (κ1) is 10.0. The van der Waals surface area contributed by atoms with Gasteiger partial charge in [-0.3, -0.25) is 14.9 Å². The lowest BCUT2D eigenvalue weighted by molar-refractivity contribution is -0.383. The fraction of sp³-hybridized carbons (Fsp3) is 0.125. The number of aliphatic carboxylic acids is 1. The topological polar surface area (TPSA) is 111 Å². The van der Waals surface area contributed by atoms with E-state index in [9.17, 15) is 14.9 Å². The number of non-ortho nitro benzene ring substituents is 1. The normalized spacial score (nSPS) is 10.5. The van der Waals surface area contributed by atoms with Crippen molar-refractivity contribution >= 4 is 22.7 Å². The van der Waals surface area contributed by atoms with Gasteiger partial charge in [-0.25, -0.2) is 4.68 Å². The van der Waals surface area contributed by atoms with Gasteiger partial charge >= 0.3 is 5.97 Å². The van der Waals surface area contributed by atoms with Gasteiger partial charge in [0.15, 0.2) is 5.52 Å². The van der Waals surface area contributed by atoms with Gasteiger partial charge in [-0.1, -0.05) is 11.3 Å². The van der Waals surface area contributed by atoms with Crippen LogP contribution >= 0.6 is 0 Å². The van der Waals surface area contributed by atoms with Gasteiger partial charge in [-0.2, -0.15) is 0 Å². The van der Waals surface area contributed by atoms with Crippen molar-refractivity contribution in [1.29, 1.82) is 0 Å². The van der Waals surface area contributed by atoms with Crippen molar-refractivity contribution in [2.24, 2.45) is 0 Å². The average molecular weight is 222 g/mol. The number of hydrogen-bond acceptors (Lipinski definition) is 5. The molecule has 1 heterocycles. The van der Waals surface area contributed by atoms with Gasteiger partial charge in [0, 0.05) is 6.07 Å². The monoisotopic (exact) mass is 222 g/mol. The lowest BCUT2D eigenvalue weighted by Crippen LogP contribution is -2.09. The second-order valence-electron chi connectivity index (χ2n) is 3.04. The smallest absolute Gasteiger partial charge is 0.325 e. The Labute approximate surface area is 88.2 Å². The minimum absolute atomic E-state index is 0.0914. The van der Waals surface area contributed by atoms with Crippen LogP contribution in [0.15, 0.2) is 18.2 Å². The Morgan fingerprint density at radius 1 is 1.56 bits per heavy atom. The van der Waals surface area contributed by atoms with E-state index in [4.69, 9.17) is 5.11 Å². The maximum Gasteiger partial charge on any atom is 0.325 e. The number of carbonyl (C=O) groups is 1. The van der Waals surface area contributed by atoms with E-state index < -0.39 is 10.9 Å². The highest BCUT2D eigenvalue weighted by molar-refractivity contribution is 5.84. The Morgan fingerprint density at radius 3 is 2.94 bits per heavy atom. The lowest BCUT2D eigenvalue weighted by atomic mass is 10.2. The van der Waals surface area contributed by atoms with E-state index in [1.165, 1.54) is 18.2 Å². The molecular formula is C8H6N4O4. The maximum atomic E-state index is 10.7. The molecule has 0 fully saturated rings. The molecule has 0 bridgehead atoms. The SMILES string of the molecule is O=C(O)Cn1nnc2c([N+](=O)[O-])cccc21. The Kier molecular flexibility index (Phi) is 2.24. The van der Waals surface area contributed by atoms with E-state index in [-0.39, 0.29) is 17.7 Å². The molecule has 82 valence electrons. The highest BCUT2D eigenvalue weighted by atomic mass is 16.6. The second kappa shape index (κ2) is 3.57. The van der Waals surface area contributed by atoms with Crippen LogP contribution < -0.4 is 0 Å². The van der Waals surface area contributed by atoms with E-state index in [0.717, 1.165) is 4.68 Å². The van der Waals surface area contributed by atoms with Gasteiger partial charge in [0.2, 0.25) is 0 Å². The zero-order chi connectivity index (χ0) is 11.7. The van der Waals surface area contributed by atoms with Crippen LogP contribution in [0.3, 0.4) is 0 Å². The van der Waals surface area contributed by atoms with Crippen molar-refractivity contribution in [3.8, 4) is 0 Å². The van der Waals surface area contributed by atoms with Crippen molar-refractivity contribution in [3.63, 3.8) is 0 Å². The van der Waals surface area contributed by atoms with Gasteiger partial charge in [-0.15, -0.1) is 5.10 Å². The minimum atomic E-state index is -1.08. The first-order valence-electron chi connectivity index (χ1n) is 4.28. The number of aromatic nitrogens is 3. The Morgan fingerprint density at radius 2 is 2.31 bits per heavy atom. The number of nitrogens with zero attached hydrogens (tertiary/aromatic N) is 4. The highest BCUT2D eigenvalue weighted by Gasteiger charge is 2.17. The molecule has 2 aromatic rings. The highest BCUT2D eigenvalue weighted by Crippen LogP contribution is 2.22. The molecule has 1 N–H and O–H groups in total. The van der Waals surface area contributed by atoms with Crippen molar-refractivity contribution in [2.45, 2.75) is 6.54 Å². The van der Waals surface area contributed by atoms with Crippen molar-refractivity contribution in [3.05, 3.63) is 28.3 Å². The van der Waals surface area contributed by atoms with Gasteiger partial charge in [0.25, 0.3) is 5.69 Å². The molecular weight excluding hydrogens is 216 g/mol. The van der Waals surface area contributed by atoms with Crippen molar-refractivity contribution in [1.82, 2.24) is 15.0 Å². The lowest BCUT2D eigenvalue weighted by Gasteiger charge is -1.96. The van der Waals surface area contributed by atoms with E-state index in [1.807, 2.05) is 0 Å². The summed E-state index contributed by atoms with van der Waals surface area (Å²) in [5.74, 6) is -1.08. The number of nitro benzene ring substituents is 1. The van der Waals surface area contributed by atoms with Gasteiger partial charge in [0.05, 0.1) is 10.4 Å². The largest absolute Gasteiger partial charge is 0.480 e. The third-order valence-corrected chi connectivity index (χ3v) is 2.01. The summed E-state index contributed by atoms with van der Waals surface area (Å²) in [4.78, 5) is 20.6. The maximum absolute atomic E-state index is 10.7. The predicted molar refractivity (Wildman–Crippen MR) is 51.8 cm³/mol. The summed E-state index contributed by atoms with van der Waals surface area (Å²) < 4.78 is 1.10. The van der Waals surface area contributed by atoms with Crippen molar-refractivity contribution in [2.75, 3.05) is 0 Å². The number of nitro groups is 1. The predicted octanol–water partition coefficient (Wildman–Crippen LogP) is 0.424. The number of hydrogen-bond donors (Lipinski definition) is 1. The Balaban J connectivity index is 2.61. The molecule has 16 heavy (non-hydrogen) atoms. The van der Waals surface area contributed by atoms with Crippen LogP contribution in [-0.2, 0) is 11.3 Å². The molecule has 0 aliphatic heterocycles. The molecule has 1 aromatic heterocycles. The van der Waals surface area contributed by atoms with Gasteiger partial charge in [-0.05, 0) is 6.07 Å². The van der Waals surface area contributed by atoms with Crippen LogP contribution in [0.1, 0.15) is 0 Å². The van der Waals surface area contributed by atoms with E-state index in [1.54, 1.807) is 0 Å². The summed E-state index contributed by atoms with van der Waals surface area (Å²) in [5, 5.41) is 26.4. The molecule has 0 amide bonds. The first-order valence-corrected chi connectivity index (χ1v) is 4.28. The molecule has 2 rings (SSSR count). The standard InChI is InChI=1S/C8H6N4O4/c13-7(14)4-11-5-2-1-3-6(12(15)16)8(5)9-10-11/h1-3H,4H2,(H,13,14). The minimum Gasteiger partial charge on any atom is -0.480 e. The molecule has 0 spiro atoms. The fourth-order valence-electron chi connectivity index (χ4n) is 1.37. The average Bonchev–Trinajstić information content (AvgIpc) is 2.60. The molecule has 0 aliphatic rings. The molecule has 0 saturated heterocycles. The summed E-state index contributed by atoms with van der Waals surface area (Å²) in [6.45, 7) is -0.377. The van der Waals surface area contributed by atoms with Crippen LogP contribution in [-0.4, -0.2) is 31.0 Å². The van der Waals surface area contributed by atoms with E-state index >= 15 is 0 Å². The molecule has 0 aliphatic carbocycles. The van der Waals surface area contributed by atoms with E-state index in [2.05, 4.69) is 10.3 Å². The molecule has 0 radical (unpaired) electrons. The summed E-state index contributed by atoms with van der Waals surface area (Å²) in [6.07, 6.45) is 0. The fourth-order valence-corrected chi connectivity index (χ4v) is 1.37. The van der Waals surface area contributed by atoms with Crippen LogP contribution in [0.4, 0.5) is 5.69 Å². The molecule has 1 aromatic carbocycles.